The SMILES string of the molecule is CCc1ccc(C(O)C2CC2)o1. The molecule has 12 heavy (non-hydrogen) atoms. The molecule has 1 heterocycles. The van der Waals surface area contributed by atoms with Crippen LogP contribution in [0.2, 0.25) is 0 Å². The van der Waals surface area contributed by atoms with E-state index in [0.717, 1.165) is 30.8 Å². The Hall–Kier alpha value is -0.760. The van der Waals surface area contributed by atoms with Crippen molar-refractivity contribution in [1.82, 2.24) is 0 Å². The van der Waals surface area contributed by atoms with Crippen molar-refractivity contribution in [3.63, 3.8) is 0 Å². The smallest absolute Gasteiger partial charge is 0.132 e. The van der Waals surface area contributed by atoms with Crippen LogP contribution in [0.15, 0.2) is 16.5 Å². The van der Waals surface area contributed by atoms with Crippen LogP contribution in [0.5, 0.6) is 0 Å². The summed E-state index contributed by atoms with van der Waals surface area (Å²) in [6.07, 6.45) is 2.83. The Morgan fingerprint density at radius 2 is 2.33 bits per heavy atom. The number of aliphatic hydroxyl groups excluding tert-OH is 1. The van der Waals surface area contributed by atoms with E-state index in [0.29, 0.717) is 5.92 Å². The summed E-state index contributed by atoms with van der Waals surface area (Å²) in [6, 6.07) is 3.84. The van der Waals surface area contributed by atoms with Gasteiger partial charge in [0.2, 0.25) is 0 Å². The van der Waals surface area contributed by atoms with Gasteiger partial charge < -0.3 is 9.52 Å². The molecule has 1 aliphatic rings. The molecule has 1 saturated carbocycles. The van der Waals surface area contributed by atoms with E-state index in [1.54, 1.807) is 0 Å². The number of rotatable bonds is 3. The van der Waals surface area contributed by atoms with Gasteiger partial charge in [-0.15, -0.1) is 0 Å². The highest BCUT2D eigenvalue weighted by Gasteiger charge is 2.32. The molecule has 0 aliphatic heterocycles. The number of aliphatic hydroxyl groups is 1. The molecule has 0 radical (unpaired) electrons. The van der Waals surface area contributed by atoms with Gasteiger partial charge in [0.25, 0.3) is 0 Å². The Morgan fingerprint density at radius 1 is 1.58 bits per heavy atom. The third-order valence-corrected chi connectivity index (χ3v) is 2.39. The van der Waals surface area contributed by atoms with Crippen molar-refractivity contribution in [3.05, 3.63) is 23.7 Å². The Kier molecular flexibility index (Phi) is 1.93. The van der Waals surface area contributed by atoms with Gasteiger partial charge in [-0.2, -0.15) is 0 Å². The monoisotopic (exact) mass is 166 g/mol. The van der Waals surface area contributed by atoms with Crippen LogP contribution in [0.1, 0.15) is 37.4 Å². The summed E-state index contributed by atoms with van der Waals surface area (Å²) in [5.41, 5.74) is 0. The molecule has 1 atom stereocenters. The molecule has 0 spiro atoms. The van der Waals surface area contributed by atoms with Crippen molar-refractivity contribution in [2.75, 3.05) is 0 Å². The molecule has 0 saturated heterocycles. The highest BCUT2D eigenvalue weighted by Crippen LogP contribution is 2.41. The van der Waals surface area contributed by atoms with Crippen molar-refractivity contribution in [2.45, 2.75) is 32.3 Å². The van der Waals surface area contributed by atoms with Gasteiger partial charge in [0.05, 0.1) is 0 Å². The minimum atomic E-state index is -0.356. The van der Waals surface area contributed by atoms with E-state index in [1.165, 1.54) is 0 Å². The summed E-state index contributed by atoms with van der Waals surface area (Å²) in [5, 5.41) is 9.68. The number of hydrogen-bond donors (Lipinski definition) is 1. The third-order valence-electron chi connectivity index (χ3n) is 2.39. The maximum atomic E-state index is 9.68. The Bertz CT molecular complexity index is 261. The van der Waals surface area contributed by atoms with Crippen molar-refractivity contribution in [1.29, 1.82) is 0 Å². The fourth-order valence-electron chi connectivity index (χ4n) is 1.39. The van der Waals surface area contributed by atoms with Crippen LogP contribution in [0.25, 0.3) is 0 Å². The summed E-state index contributed by atoms with van der Waals surface area (Å²) in [4.78, 5) is 0. The first-order chi connectivity index (χ1) is 5.81. The zero-order valence-corrected chi connectivity index (χ0v) is 7.29. The maximum absolute atomic E-state index is 9.68. The first-order valence-corrected chi connectivity index (χ1v) is 4.58. The Morgan fingerprint density at radius 3 is 2.83 bits per heavy atom. The average Bonchev–Trinajstić information content (AvgIpc) is 2.82. The summed E-state index contributed by atoms with van der Waals surface area (Å²) >= 11 is 0. The first-order valence-electron chi connectivity index (χ1n) is 4.58. The van der Waals surface area contributed by atoms with E-state index in [9.17, 15) is 5.11 Å². The van der Waals surface area contributed by atoms with Gasteiger partial charge in [0.1, 0.15) is 17.6 Å². The van der Waals surface area contributed by atoms with E-state index in [4.69, 9.17) is 4.42 Å². The van der Waals surface area contributed by atoms with Crippen LogP contribution < -0.4 is 0 Å². The van der Waals surface area contributed by atoms with Crippen molar-refractivity contribution < 1.29 is 9.52 Å². The van der Waals surface area contributed by atoms with Crippen LogP contribution in [0, 0.1) is 5.92 Å². The molecule has 66 valence electrons. The normalized spacial score (nSPS) is 19.5. The van der Waals surface area contributed by atoms with Gasteiger partial charge in [-0.1, -0.05) is 6.92 Å². The summed E-state index contributed by atoms with van der Waals surface area (Å²) < 4.78 is 5.45. The lowest BCUT2D eigenvalue weighted by molar-refractivity contribution is 0.125. The molecule has 1 unspecified atom stereocenters. The second-order valence-electron chi connectivity index (χ2n) is 3.44. The number of hydrogen-bond acceptors (Lipinski definition) is 2. The van der Waals surface area contributed by atoms with Crippen LogP contribution in [0.3, 0.4) is 0 Å². The predicted octanol–water partition coefficient (Wildman–Crippen LogP) is 2.29. The van der Waals surface area contributed by atoms with Gasteiger partial charge in [-0.25, -0.2) is 0 Å². The van der Waals surface area contributed by atoms with Crippen molar-refractivity contribution >= 4 is 0 Å². The van der Waals surface area contributed by atoms with Crippen LogP contribution in [-0.4, -0.2) is 5.11 Å². The zero-order chi connectivity index (χ0) is 8.55. The highest BCUT2D eigenvalue weighted by atomic mass is 16.4. The quantitative estimate of drug-likeness (QED) is 0.747. The molecule has 1 fully saturated rings. The largest absolute Gasteiger partial charge is 0.463 e. The molecule has 0 aromatic carbocycles. The molecular weight excluding hydrogens is 152 g/mol. The van der Waals surface area contributed by atoms with Gasteiger partial charge in [-0.3, -0.25) is 0 Å². The van der Waals surface area contributed by atoms with Gasteiger partial charge >= 0.3 is 0 Å². The molecule has 0 bridgehead atoms. The summed E-state index contributed by atoms with van der Waals surface area (Å²) in [6.45, 7) is 2.05. The van der Waals surface area contributed by atoms with E-state index in [1.807, 2.05) is 19.1 Å². The molecule has 2 rings (SSSR count). The average molecular weight is 166 g/mol. The van der Waals surface area contributed by atoms with Crippen LogP contribution >= 0.6 is 0 Å². The summed E-state index contributed by atoms with van der Waals surface area (Å²) in [7, 11) is 0. The molecule has 2 heteroatoms. The fourth-order valence-corrected chi connectivity index (χ4v) is 1.39. The third kappa shape index (κ3) is 1.39. The van der Waals surface area contributed by atoms with Gasteiger partial charge in [-0.05, 0) is 30.9 Å². The van der Waals surface area contributed by atoms with Crippen LogP contribution in [0.4, 0.5) is 0 Å². The standard InChI is InChI=1S/C10H14O2/c1-2-8-5-6-9(12-8)10(11)7-3-4-7/h5-7,10-11H,2-4H2,1H3. The Labute approximate surface area is 72.2 Å². The second kappa shape index (κ2) is 2.94. The van der Waals surface area contributed by atoms with E-state index in [2.05, 4.69) is 0 Å². The van der Waals surface area contributed by atoms with E-state index < -0.39 is 0 Å². The first kappa shape index (κ1) is 7.87. The van der Waals surface area contributed by atoms with Gasteiger partial charge in [0, 0.05) is 6.42 Å². The lowest BCUT2D eigenvalue weighted by atomic mass is 10.2. The minimum Gasteiger partial charge on any atom is -0.463 e. The zero-order valence-electron chi connectivity index (χ0n) is 7.29. The predicted molar refractivity (Wildman–Crippen MR) is 45.8 cm³/mol. The maximum Gasteiger partial charge on any atom is 0.132 e. The minimum absolute atomic E-state index is 0.356. The fraction of sp³-hybridized carbons (Fsp3) is 0.600. The summed E-state index contributed by atoms with van der Waals surface area (Å²) in [5.74, 6) is 2.17. The molecule has 2 nitrogen and oxygen atoms in total. The van der Waals surface area contributed by atoms with E-state index in [-0.39, 0.29) is 6.10 Å². The molecule has 1 aliphatic carbocycles. The van der Waals surface area contributed by atoms with Crippen LogP contribution in [-0.2, 0) is 6.42 Å². The van der Waals surface area contributed by atoms with Crippen molar-refractivity contribution in [3.8, 4) is 0 Å². The van der Waals surface area contributed by atoms with E-state index >= 15 is 0 Å². The van der Waals surface area contributed by atoms with Gasteiger partial charge in [0.15, 0.2) is 0 Å². The molecule has 1 aromatic rings. The van der Waals surface area contributed by atoms with Crippen molar-refractivity contribution in [2.24, 2.45) is 5.92 Å². The Balaban J connectivity index is 2.10. The highest BCUT2D eigenvalue weighted by molar-refractivity contribution is 5.11. The number of furan rings is 1. The molecule has 1 N–H and O–H groups in total. The number of aryl methyl sites for hydroxylation is 1. The lowest BCUT2D eigenvalue weighted by Crippen LogP contribution is -1.96. The molecule has 1 aromatic heterocycles. The second-order valence-corrected chi connectivity index (χ2v) is 3.44. The molecular formula is C10H14O2. The molecule has 0 amide bonds. The lowest BCUT2D eigenvalue weighted by Gasteiger charge is -2.03. The topological polar surface area (TPSA) is 33.4 Å².